The van der Waals surface area contributed by atoms with Gasteiger partial charge >= 0.3 is 6.09 Å². The fraction of sp³-hybridized carbons (Fsp3) is 0.227. The summed E-state index contributed by atoms with van der Waals surface area (Å²) in [5.41, 5.74) is 4.26. The molecule has 0 spiro atoms. The maximum Gasteiger partial charge on any atom is 0.407 e. The van der Waals surface area contributed by atoms with Crippen LogP contribution in [0.4, 0.5) is 10.5 Å². The second kappa shape index (κ2) is 7.49. The number of likely N-dealkylation sites (tertiary alicyclic amines) is 1. The minimum Gasteiger partial charge on any atom is -0.465 e. The minimum absolute atomic E-state index is 0.265. The molecule has 2 N–H and O–H groups in total. The molecule has 5 rings (SSSR count). The van der Waals surface area contributed by atoms with Crippen molar-refractivity contribution in [2.75, 3.05) is 11.9 Å². The van der Waals surface area contributed by atoms with Gasteiger partial charge in [0.25, 0.3) is 5.91 Å². The maximum atomic E-state index is 13.0. The fourth-order valence-electron chi connectivity index (χ4n) is 3.70. The molecule has 3 aromatic heterocycles. The number of hydrogen-bond donors (Lipinski definition) is 2. The lowest BCUT2D eigenvalue weighted by atomic mass is 10.0. The molecule has 162 valence electrons. The Morgan fingerprint density at radius 1 is 1.22 bits per heavy atom. The summed E-state index contributed by atoms with van der Waals surface area (Å²) in [6.07, 6.45) is 3.04. The van der Waals surface area contributed by atoms with Crippen molar-refractivity contribution >= 4 is 23.3 Å². The van der Waals surface area contributed by atoms with Crippen molar-refractivity contribution < 1.29 is 19.2 Å². The van der Waals surface area contributed by atoms with Gasteiger partial charge in [-0.15, -0.1) is 0 Å². The zero-order valence-electron chi connectivity index (χ0n) is 17.4. The fourth-order valence-corrected chi connectivity index (χ4v) is 3.70. The first-order valence-electron chi connectivity index (χ1n) is 10.1. The third kappa shape index (κ3) is 3.35. The van der Waals surface area contributed by atoms with E-state index in [1.54, 1.807) is 16.7 Å². The van der Waals surface area contributed by atoms with Gasteiger partial charge in [-0.1, -0.05) is 23.4 Å². The van der Waals surface area contributed by atoms with Crippen molar-refractivity contribution in [2.24, 2.45) is 0 Å². The number of imidazole rings is 1. The van der Waals surface area contributed by atoms with E-state index in [0.29, 0.717) is 41.4 Å². The monoisotopic (exact) mass is 432 g/mol. The predicted octanol–water partition coefficient (Wildman–Crippen LogP) is 3.68. The van der Waals surface area contributed by atoms with Crippen LogP contribution in [0, 0.1) is 13.8 Å². The van der Waals surface area contributed by atoms with Crippen LogP contribution >= 0.6 is 0 Å². The number of nitrogens with one attached hydrogen (secondary N) is 1. The van der Waals surface area contributed by atoms with Gasteiger partial charge in [-0.2, -0.15) is 4.98 Å². The standard InChI is InChI=1S/C22H20N6O4/c1-12-3-6-18-23-10-17(28(18)11-12)20(29)24-15-9-14(5-4-13(15)2)19-25-21(32-26-19)16-7-8-27(16)22(30)31/h3-6,9-11,16H,7-8H2,1-2H3,(H,24,29)(H,30,31)/t16-/m0/s1. The second-order valence-corrected chi connectivity index (χ2v) is 7.80. The molecule has 1 atom stereocenters. The molecule has 32 heavy (non-hydrogen) atoms. The molecule has 1 fully saturated rings. The number of hydrogen-bond acceptors (Lipinski definition) is 6. The topological polar surface area (TPSA) is 126 Å². The molecule has 0 aliphatic carbocycles. The number of pyridine rings is 1. The van der Waals surface area contributed by atoms with Gasteiger partial charge in [0, 0.05) is 24.0 Å². The number of carbonyl (C=O) groups excluding carboxylic acids is 1. The molecule has 2 amide bonds. The molecule has 4 aromatic rings. The Morgan fingerprint density at radius 2 is 2.06 bits per heavy atom. The summed E-state index contributed by atoms with van der Waals surface area (Å²) in [6.45, 7) is 4.28. The predicted molar refractivity (Wildman–Crippen MR) is 114 cm³/mol. The van der Waals surface area contributed by atoms with E-state index in [0.717, 1.165) is 11.1 Å². The minimum atomic E-state index is -1.01. The maximum absolute atomic E-state index is 13.0. The molecule has 10 heteroatoms. The Bertz CT molecular complexity index is 1360. The van der Waals surface area contributed by atoms with Crippen LogP contribution in [-0.4, -0.2) is 48.1 Å². The number of carbonyl (C=O) groups is 2. The van der Waals surface area contributed by atoms with Crippen LogP contribution in [0.25, 0.3) is 17.0 Å². The highest BCUT2D eigenvalue weighted by Crippen LogP contribution is 2.33. The Morgan fingerprint density at radius 3 is 2.81 bits per heavy atom. The van der Waals surface area contributed by atoms with Crippen LogP contribution in [0.5, 0.6) is 0 Å². The third-order valence-corrected chi connectivity index (χ3v) is 5.62. The second-order valence-electron chi connectivity index (χ2n) is 7.80. The van der Waals surface area contributed by atoms with Gasteiger partial charge in [-0.25, -0.2) is 9.78 Å². The normalized spacial score (nSPS) is 15.6. The smallest absolute Gasteiger partial charge is 0.407 e. The molecule has 1 aromatic carbocycles. The van der Waals surface area contributed by atoms with E-state index >= 15 is 0 Å². The molecule has 1 aliphatic rings. The van der Waals surface area contributed by atoms with E-state index in [1.807, 2.05) is 44.3 Å². The molecular formula is C22H20N6O4. The van der Waals surface area contributed by atoms with Crippen LogP contribution in [0.3, 0.4) is 0 Å². The largest absolute Gasteiger partial charge is 0.465 e. The number of fused-ring (bicyclic) bond motifs is 1. The lowest BCUT2D eigenvalue weighted by molar-refractivity contribution is 0.0591. The number of nitrogens with zero attached hydrogens (tertiary/aromatic N) is 5. The van der Waals surface area contributed by atoms with Crippen LogP contribution < -0.4 is 5.32 Å². The number of rotatable bonds is 4. The van der Waals surface area contributed by atoms with Crippen molar-refractivity contribution in [1.82, 2.24) is 24.4 Å². The van der Waals surface area contributed by atoms with Crippen LogP contribution in [-0.2, 0) is 0 Å². The zero-order valence-corrected chi connectivity index (χ0v) is 17.4. The van der Waals surface area contributed by atoms with E-state index < -0.39 is 12.1 Å². The van der Waals surface area contributed by atoms with E-state index in [1.165, 1.54) is 4.90 Å². The van der Waals surface area contributed by atoms with Crippen LogP contribution in [0.15, 0.2) is 47.2 Å². The molecule has 0 radical (unpaired) electrons. The summed E-state index contributed by atoms with van der Waals surface area (Å²) in [7, 11) is 0. The van der Waals surface area contributed by atoms with Gasteiger partial charge in [0.15, 0.2) is 0 Å². The van der Waals surface area contributed by atoms with Crippen LogP contribution in [0.2, 0.25) is 0 Å². The number of amides is 2. The van der Waals surface area contributed by atoms with Gasteiger partial charge in [-0.05, 0) is 43.5 Å². The molecule has 4 heterocycles. The number of aromatic nitrogens is 4. The quantitative estimate of drug-likeness (QED) is 0.504. The van der Waals surface area contributed by atoms with Crippen molar-refractivity contribution in [2.45, 2.75) is 26.3 Å². The third-order valence-electron chi connectivity index (χ3n) is 5.62. The first-order valence-corrected chi connectivity index (χ1v) is 10.1. The van der Waals surface area contributed by atoms with Gasteiger partial charge in [0.2, 0.25) is 11.7 Å². The number of aryl methyl sites for hydroxylation is 2. The van der Waals surface area contributed by atoms with Crippen molar-refractivity contribution in [3.8, 4) is 11.4 Å². The molecule has 10 nitrogen and oxygen atoms in total. The Hall–Kier alpha value is -4.21. The van der Waals surface area contributed by atoms with Gasteiger partial charge in [-0.3, -0.25) is 14.1 Å². The molecule has 0 bridgehead atoms. The Balaban J connectivity index is 1.40. The van der Waals surface area contributed by atoms with Crippen molar-refractivity contribution in [3.05, 3.63) is 65.4 Å². The van der Waals surface area contributed by atoms with Crippen molar-refractivity contribution in [3.63, 3.8) is 0 Å². The molecule has 1 aliphatic heterocycles. The van der Waals surface area contributed by atoms with E-state index in [2.05, 4.69) is 20.4 Å². The average Bonchev–Trinajstić information content (AvgIpc) is 3.35. The Labute approximate surface area is 182 Å². The summed E-state index contributed by atoms with van der Waals surface area (Å²) in [6, 6.07) is 8.83. The Kier molecular flexibility index (Phi) is 4.62. The molecule has 0 unspecified atom stereocenters. The average molecular weight is 432 g/mol. The lowest BCUT2D eigenvalue weighted by Crippen LogP contribution is -2.44. The first-order chi connectivity index (χ1) is 15.4. The van der Waals surface area contributed by atoms with Crippen molar-refractivity contribution in [1.29, 1.82) is 0 Å². The summed E-state index contributed by atoms with van der Waals surface area (Å²) >= 11 is 0. The summed E-state index contributed by atoms with van der Waals surface area (Å²) in [5.74, 6) is 0.308. The highest BCUT2D eigenvalue weighted by Gasteiger charge is 2.37. The van der Waals surface area contributed by atoms with Gasteiger partial charge in [0.05, 0.1) is 6.20 Å². The van der Waals surface area contributed by atoms with Crippen LogP contribution in [0.1, 0.15) is 40.0 Å². The first kappa shape index (κ1) is 19.7. The molecule has 0 saturated carbocycles. The number of carboxylic acid groups (broad SMARTS) is 1. The van der Waals surface area contributed by atoms with E-state index in [9.17, 15) is 14.7 Å². The summed E-state index contributed by atoms with van der Waals surface area (Å²) in [4.78, 5) is 34.1. The lowest BCUT2D eigenvalue weighted by Gasteiger charge is -2.35. The van der Waals surface area contributed by atoms with E-state index in [-0.39, 0.29) is 11.8 Å². The zero-order chi connectivity index (χ0) is 22.4. The molecule has 1 saturated heterocycles. The summed E-state index contributed by atoms with van der Waals surface area (Å²) in [5, 5.41) is 16.1. The highest BCUT2D eigenvalue weighted by molar-refractivity contribution is 6.04. The van der Waals surface area contributed by atoms with Gasteiger partial charge in [0.1, 0.15) is 17.4 Å². The number of anilines is 1. The SMILES string of the molecule is Cc1ccc2ncc(C(=O)Nc3cc(-c4noc([C@@H]5CCN5C(=O)O)n4)ccc3C)n2c1. The van der Waals surface area contributed by atoms with E-state index in [4.69, 9.17) is 4.52 Å². The highest BCUT2D eigenvalue weighted by atomic mass is 16.5. The number of benzene rings is 1. The molecular weight excluding hydrogens is 412 g/mol. The van der Waals surface area contributed by atoms with Gasteiger partial charge < -0.3 is 14.9 Å². The summed E-state index contributed by atoms with van der Waals surface area (Å²) < 4.78 is 7.06.